The first-order valence-corrected chi connectivity index (χ1v) is 9.33. The number of rotatable bonds is 3. The lowest BCUT2D eigenvalue weighted by Gasteiger charge is -2.37. The van der Waals surface area contributed by atoms with E-state index in [1.807, 2.05) is 9.80 Å². The van der Waals surface area contributed by atoms with E-state index >= 15 is 0 Å². The van der Waals surface area contributed by atoms with Gasteiger partial charge in [0, 0.05) is 52.8 Å². The molecule has 0 aromatic carbocycles. The highest BCUT2D eigenvalue weighted by atomic mass is 16.5. The Labute approximate surface area is 149 Å². The summed E-state index contributed by atoms with van der Waals surface area (Å²) in [6.07, 6.45) is 4.11. The van der Waals surface area contributed by atoms with Gasteiger partial charge in [-0.05, 0) is 32.1 Å². The van der Waals surface area contributed by atoms with Crippen LogP contribution in [-0.4, -0.2) is 84.9 Å². The molecule has 2 atom stereocenters. The van der Waals surface area contributed by atoms with Gasteiger partial charge in [-0.25, -0.2) is 0 Å². The third kappa shape index (κ3) is 3.26. The van der Waals surface area contributed by atoms with Crippen molar-refractivity contribution in [2.75, 3.05) is 46.4 Å². The van der Waals surface area contributed by atoms with Gasteiger partial charge in [0.15, 0.2) is 0 Å². The van der Waals surface area contributed by atoms with Gasteiger partial charge in [0.25, 0.3) is 0 Å². The summed E-state index contributed by atoms with van der Waals surface area (Å²) < 4.78 is 4.97. The van der Waals surface area contributed by atoms with Gasteiger partial charge in [-0.1, -0.05) is 0 Å². The van der Waals surface area contributed by atoms with Gasteiger partial charge in [0.2, 0.25) is 17.7 Å². The van der Waals surface area contributed by atoms with Gasteiger partial charge >= 0.3 is 0 Å². The zero-order valence-corrected chi connectivity index (χ0v) is 15.3. The molecule has 0 unspecified atom stereocenters. The molecule has 3 aliphatic rings. The topological polar surface area (TPSA) is 70.2 Å². The second-order valence-electron chi connectivity index (χ2n) is 7.49. The van der Waals surface area contributed by atoms with Crippen LogP contribution in [0.2, 0.25) is 0 Å². The molecule has 25 heavy (non-hydrogen) atoms. The maximum absolute atomic E-state index is 13.4. The monoisotopic (exact) mass is 351 g/mol. The van der Waals surface area contributed by atoms with E-state index < -0.39 is 5.41 Å². The van der Waals surface area contributed by atoms with Crippen molar-refractivity contribution in [3.8, 4) is 0 Å². The second-order valence-corrected chi connectivity index (χ2v) is 7.49. The number of methoxy groups -OCH3 is 1. The minimum atomic E-state index is -0.530. The molecule has 7 heteroatoms. The molecule has 140 valence electrons. The fourth-order valence-electron chi connectivity index (χ4n) is 4.82. The van der Waals surface area contributed by atoms with Gasteiger partial charge in [-0.3, -0.25) is 14.4 Å². The van der Waals surface area contributed by atoms with Crippen molar-refractivity contribution in [1.82, 2.24) is 14.7 Å². The molecule has 0 aromatic heterocycles. The van der Waals surface area contributed by atoms with Gasteiger partial charge < -0.3 is 19.4 Å². The highest BCUT2D eigenvalue weighted by Crippen LogP contribution is 2.45. The Morgan fingerprint density at radius 3 is 2.32 bits per heavy atom. The van der Waals surface area contributed by atoms with Crippen molar-refractivity contribution in [2.45, 2.75) is 45.1 Å². The molecule has 0 spiro atoms. The normalized spacial score (nSPS) is 29.5. The molecule has 3 aliphatic heterocycles. The first-order valence-electron chi connectivity index (χ1n) is 9.33. The van der Waals surface area contributed by atoms with Gasteiger partial charge in [-0.15, -0.1) is 0 Å². The van der Waals surface area contributed by atoms with Crippen molar-refractivity contribution >= 4 is 17.7 Å². The number of amides is 3. The smallest absolute Gasteiger partial charge is 0.248 e. The summed E-state index contributed by atoms with van der Waals surface area (Å²) in [6.45, 7) is 5.06. The molecule has 0 bridgehead atoms. The van der Waals surface area contributed by atoms with Crippen LogP contribution >= 0.6 is 0 Å². The molecular weight excluding hydrogens is 322 g/mol. The Bertz CT molecular complexity index is 546. The van der Waals surface area contributed by atoms with E-state index in [2.05, 4.69) is 0 Å². The van der Waals surface area contributed by atoms with Crippen LogP contribution in [0.15, 0.2) is 0 Å². The van der Waals surface area contributed by atoms with Crippen LogP contribution in [0.25, 0.3) is 0 Å². The molecule has 3 amide bonds. The lowest BCUT2D eigenvalue weighted by atomic mass is 9.75. The molecule has 0 saturated carbocycles. The summed E-state index contributed by atoms with van der Waals surface area (Å²) >= 11 is 0. The number of ether oxygens (including phenoxy) is 1. The zero-order valence-electron chi connectivity index (χ0n) is 15.3. The number of hydrogen-bond donors (Lipinski definition) is 0. The summed E-state index contributed by atoms with van der Waals surface area (Å²) in [6, 6.07) is -0.0987. The SMILES string of the molecule is COCC(=O)N1CC[C@@H]2N(C(C)=O)CC[C@]2(C(=O)N2CCCC2)CC1. The molecule has 0 aromatic rings. The molecule has 3 fully saturated rings. The highest BCUT2D eigenvalue weighted by Gasteiger charge is 2.55. The summed E-state index contributed by atoms with van der Waals surface area (Å²) in [5.74, 6) is 0.179. The van der Waals surface area contributed by atoms with Crippen LogP contribution in [0.3, 0.4) is 0 Å². The van der Waals surface area contributed by atoms with E-state index in [1.165, 1.54) is 7.11 Å². The number of carbonyl (C=O) groups excluding carboxylic acids is 3. The summed E-state index contributed by atoms with van der Waals surface area (Å²) in [5, 5.41) is 0. The van der Waals surface area contributed by atoms with Crippen LogP contribution < -0.4 is 0 Å². The van der Waals surface area contributed by atoms with Crippen molar-refractivity contribution in [1.29, 1.82) is 0 Å². The van der Waals surface area contributed by atoms with E-state index in [0.717, 1.165) is 25.9 Å². The van der Waals surface area contributed by atoms with Crippen LogP contribution in [0.4, 0.5) is 0 Å². The van der Waals surface area contributed by atoms with E-state index in [1.54, 1.807) is 11.8 Å². The largest absolute Gasteiger partial charge is 0.375 e. The lowest BCUT2D eigenvalue weighted by molar-refractivity contribution is -0.144. The second kappa shape index (κ2) is 7.32. The number of likely N-dealkylation sites (tertiary alicyclic amines) is 3. The Balaban J connectivity index is 1.85. The van der Waals surface area contributed by atoms with E-state index in [0.29, 0.717) is 38.9 Å². The zero-order chi connectivity index (χ0) is 18.0. The average Bonchev–Trinajstić information content (AvgIpc) is 3.19. The quantitative estimate of drug-likeness (QED) is 0.742. The fourth-order valence-corrected chi connectivity index (χ4v) is 4.82. The predicted octanol–water partition coefficient (Wildman–Crippen LogP) is 0.485. The van der Waals surface area contributed by atoms with Crippen LogP contribution in [0.1, 0.15) is 39.0 Å². The number of nitrogens with zero attached hydrogens (tertiary/aromatic N) is 3. The van der Waals surface area contributed by atoms with Gasteiger partial charge in [-0.2, -0.15) is 0 Å². The van der Waals surface area contributed by atoms with E-state index in [9.17, 15) is 14.4 Å². The van der Waals surface area contributed by atoms with E-state index in [4.69, 9.17) is 4.74 Å². The summed E-state index contributed by atoms with van der Waals surface area (Å²) in [4.78, 5) is 43.4. The van der Waals surface area contributed by atoms with Crippen molar-refractivity contribution in [3.63, 3.8) is 0 Å². The lowest BCUT2D eigenvalue weighted by Crippen LogP contribution is -2.51. The highest BCUT2D eigenvalue weighted by molar-refractivity contribution is 5.86. The van der Waals surface area contributed by atoms with Gasteiger partial charge in [0.1, 0.15) is 6.61 Å². The first-order chi connectivity index (χ1) is 12.0. The Kier molecular flexibility index (Phi) is 5.32. The minimum absolute atomic E-state index is 0.0257. The number of carbonyl (C=O) groups is 3. The number of hydrogen-bond acceptors (Lipinski definition) is 4. The van der Waals surface area contributed by atoms with Crippen molar-refractivity contribution in [2.24, 2.45) is 5.41 Å². The van der Waals surface area contributed by atoms with Crippen molar-refractivity contribution in [3.05, 3.63) is 0 Å². The third-order valence-corrected chi connectivity index (χ3v) is 6.16. The molecule has 0 aliphatic carbocycles. The Morgan fingerprint density at radius 2 is 1.68 bits per heavy atom. The Morgan fingerprint density at radius 1 is 1.00 bits per heavy atom. The number of fused-ring (bicyclic) bond motifs is 1. The average molecular weight is 351 g/mol. The first kappa shape index (κ1) is 18.2. The molecule has 3 rings (SSSR count). The fraction of sp³-hybridized carbons (Fsp3) is 0.833. The summed E-state index contributed by atoms with van der Waals surface area (Å²) in [5.41, 5.74) is -0.530. The summed E-state index contributed by atoms with van der Waals surface area (Å²) in [7, 11) is 1.51. The Hall–Kier alpha value is -1.63. The maximum atomic E-state index is 13.4. The minimum Gasteiger partial charge on any atom is -0.375 e. The predicted molar refractivity (Wildman–Crippen MR) is 91.7 cm³/mol. The van der Waals surface area contributed by atoms with Crippen LogP contribution in [0, 0.1) is 5.41 Å². The van der Waals surface area contributed by atoms with Crippen LogP contribution in [-0.2, 0) is 19.1 Å². The molecule has 3 saturated heterocycles. The molecule has 0 radical (unpaired) electrons. The maximum Gasteiger partial charge on any atom is 0.248 e. The van der Waals surface area contributed by atoms with Crippen molar-refractivity contribution < 1.29 is 19.1 Å². The molecule has 0 N–H and O–H groups in total. The molecule has 7 nitrogen and oxygen atoms in total. The third-order valence-electron chi connectivity index (χ3n) is 6.16. The van der Waals surface area contributed by atoms with Crippen LogP contribution in [0.5, 0.6) is 0 Å². The molecule has 3 heterocycles. The standard InChI is InChI=1S/C18H29N3O4/c1-14(22)21-12-7-18(17(24)20-8-3-4-9-20)6-11-19(10-5-15(18)21)16(23)13-25-2/h15H,3-13H2,1-2H3/t15-,18+/m0/s1. The van der Waals surface area contributed by atoms with E-state index in [-0.39, 0.29) is 30.4 Å². The van der Waals surface area contributed by atoms with Gasteiger partial charge in [0.05, 0.1) is 5.41 Å². The molecular formula is C18H29N3O4.